The number of primary amides is 1. The minimum Gasteiger partial charge on any atom is -0.371 e. The predicted molar refractivity (Wildman–Crippen MR) is 121 cm³/mol. The zero-order valence-corrected chi connectivity index (χ0v) is 19.3. The summed E-state index contributed by atoms with van der Waals surface area (Å²) in [6, 6.07) is 0. The fraction of sp³-hybridized carbons (Fsp3) is 0.917. The molecule has 0 fully saturated rings. The van der Waals surface area contributed by atoms with Crippen LogP contribution < -0.4 is 11.1 Å². The zero-order valence-electron chi connectivity index (χ0n) is 19.3. The monoisotopic (exact) mass is 412 g/mol. The zero-order chi connectivity index (χ0) is 21.8. The molecule has 172 valence electrons. The summed E-state index contributed by atoms with van der Waals surface area (Å²) in [5.41, 5.74) is 3.82. The number of aliphatic hydroxyl groups is 1. The normalized spacial score (nSPS) is 13.2. The van der Waals surface area contributed by atoms with Crippen LogP contribution in [-0.2, 0) is 9.59 Å². The number of nitrogens with one attached hydrogen (secondary N) is 1. The van der Waals surface area contributed by atoms with Crippen molar-refractivity contribution in [3.8, 4) is 0 Å². The highest BCUT2D eigenvalue weighted by molar-refractivity contribution is 5.83. The topological polar surface area (TPSA) is 92.4 Å². The summed E-state index contributed by atoms with van der Waals surface area (Å²) in [7, 11) is 0. The van der Waals surface area contributed by atoms with Crippen LogP contribution in [0.2, 0.25) is 0 Å². The van der Waals surface area contributed by atoms with E-state index >= 15 is 0 Å². The summed E-state index contributed by atoms with van der Waals surface area (Å²) in [6.45, 7) is 3.88. The highest BCUT2D eigenvalue weighted by Crippen LogP contribution is 2.16. The smallest absolute Gasteiger partial charge is 0.222 e. The summed E-state index contributed by atoms with van der Waals surface area (Å²) < 4.78 is 0. The Labute approximate surface area is 179 Å². The van der Waals surface area contributed by atoms with Gasteiger partial charge in [-0.25, -0.2) is 0 Å². The van der Waals surface area contributed by atoms with Crippen molar-refractivity contribution >= 4 is 11.8 Å². The van der Waals surface area contributed by atoms with Crippen LogP contribution in [0.1, 0.15) is 136 Å². The van der Waals surface area contributed by atoms with Crippen LogP contribution in [0, 0.1) is 0 Å². The van der Waals surface area contributed by atoms with E-state index in [0.29, 0.717) is 6.42 Å². The van der Waals surface area contributed by atoms with E-state index in [4.69, 9.17) is 5.73 Å². The number of amides is 2. The van der Waals surface area contributed by atoms with Gasteiger partial charge in [-0.1, -0.05) is 103 Å². The molecule has 0 aliphatic rings. The second-order valence-electron chi connectivity index (χ2n) is 8.84. The molecule has 4 N–H and O–H groups in total. The van der Waals surface area contributed by atoms with Gasteiger partial charge in [0.25, 0.3) is 0 Å². The van der Waals surface area contributed by atoms with Gasteiger partial charge in [0.05, 0.1) is 0 Å². The second-order valence-corrected chi connectivity index (χ2v) is 8.84. The quantitative estimate of drug-likeness (QED) is 0.166. The molecule has 5 heteroatoms. The molecule has 0 aromatic rings. The Morgan fingerprint density at radius 3 is 1.48 bits per heavy atom. The average Bonchev–Trinajstić information content (AvgIpc) is 2.65. The Morgan fingerprint density at radius 1 is 0.724 bits per heavy atom. The van der Waals surface area contributed by atoms with Crippen LogP contribution in [0.15, 0.2) is 0 Å². The van der Waals surface area contributed by atoms with Crippen LogP contribution in [0.5, 0.6) is 0 Å². The molecule has 0 bridgehead atoms. The Morgan fingerprint density at radius 2 is 1.10 bits per heavy atom. The maximum Gasteiger partial charge on any atom is 0.222 e. The molecule has 1 unspecified atom stereocenters. The lowest BCUT2D eigenvalue weighted by Gasteiger charge is -2.24. The number of carbonyl (C=O) groups is 2. The number of unbranched alkanes of at least 4 members (excludes halogenated alkanes) is 15. The molecular weight excluding hydrogens is 364 g/mol. The first-order valence-electron chi connectivity index (χ1n) is 12.2. The van der Waals surface area contributed by atoms with Gasteiger partial charge in [0.1, 0.15) is 5.72 Å². The summed E-state index contributed by atoms with van der Waals surface area (Å²) in [5, 5.41) is 12.8. The summed E-state index contributed by atoms with van der Waals surface area (Å²) in [6.07, 6.45) is 21.6. The molecule has 1 atom stereocenters. The lowest BCUT2D eigenvalue weighted by atomic mass is 10.0. The van der Waals surface area contributed by atoms with Crippen molar-refractivity contribution in [1.29, 1.82) is 0 Å². The molecule has 0 saturated carbocycles. The lowest BCUT2D eigenvalue weighted by molar-refractivity contribution is -0.130. The van der Waals surface area contributed by atoms with Crippen molar-refractivity contribution in [3.63, 3.8) is 0 Å². The van der Waals surface area contributed by atoms with Crippen LogP contribution in [-0.4, -0.2) is 22.6 Å². The van der Waals surface area contributed by atoms with Crippen molar-refractivity contribution in [2.24, 2.45) is 5.73 Å². The van der Waals surface area contributed by atoms with E-state index in [0.717, 1.165) is 12.8 Å². The van der Waals surface area contributed by atoms with E-state index in [2.05, 4.69) is 12.2 Å². The van der Waals surface area contributed by atoms with Gasteiger partial charge >= 0.3 is 0 Å². The van der Waals surface area contributed by atoms with Gasteiger partial charge in [0.2, 0.25) is 11.8 Å². The van der Waals surface area contributed by atoms with Crippen LogP contribution in [0.4, 0.5) is 0 Å². The molecule has 0 radical (unpaired) electrons. The molecule has 5 nitrogen and oxygen atoms in total. The summed E-state index contributed by atoms with van der Waals surface area (Å²) >= 11 is 0. The van der Waals surface area contributed by atoms with Crippen molar-refractivity contribution in [1.82, 2.24) is 5.32 Å². The lowest BCUT2D eigenvalue weighted by Crippen LogP contribution is -2.46. The molecule has 2 amide bonds. The fourth-order valence-electron chi connectivity index (χ4n) is 3.68. The number of carbonyl (C=O) groups excluding carboxylic acids is 2. The van der Waals surface area contributed by atoms with Crippen LogP contribution >= 0.6 is 0 Å². The number of nitrogens with two attached hydrogens (primary N) is 1. The van der Waals surface area contributed by atoms with E-state index < -0.39 is 11.6 Å². The van der Waals surface area contributed by atoms with Gasteiger partial charge in [0, 0.05) is 12.8 Å². The van der Waals surface area contributed by atoms with Crippen molar-refractivity contribution < 1.29 is 14.7 Å². The predicted octanol–water partition coefficient (Wildman–Crippen LogP) is 5.73. The van der Waals surface area contributed by atoms with E-state index in [-0.39, 0.29) is 18.7 Å². The third-order valence-electron chi connectivity index (χ3n) is 5.52. The minimum absolute atomic E-state index is 0.0148. The number of rotatable bonds is 21. The van der Waals surface area contributed by atoms with E-state index in [9.17, 15) is 14.7 Å². The largest absolute Gasteiger partial charge is 0.371 e. The molecule has 0 rings (SSSR count). The first-order chi connectivity index (χ1) is 13.9. The number of hydrogen-bond acceptors (Lipinski definition) is 3. The summed E-state index contributed by atoms with van der Waals surface area (Å²) in [5.74, 6) is -0.831. The Hall–Kier alpha value is -1.10. The van der Waals surface area contributed by atoms with Gasteiger partial charge in [-0.2, -0.15) is 0 Å². The van der Waals surface area contributed by atoms with Crippen molar-refractivity contribution in [2.75, 3.05) is 0 Å². The Bertz CT molecular complexity index is 411. The molecule has 0 saturated heterocycles. The van der Waals surface area contributed by atoms with Crippen molar-refractivity contribution in [2.45, 2.75) is 142 Å². The minimum atomic E-state index is -1.20. The van der Waals surface area contributed by atoms with E-state index in [1.165, 1.54) is 89.9 Å². The second kappa shape index (κ2) is 18.9. The molecule has 0 heterocycles. The van der Waals surface area contributed by atoms with E-state index in [1.54, 1.807) is 6.92 Å². The van der Waals surface area contributed by atoms with Crippen LogP contribution in [0.3, 0.4) is 0 Å². The molecule has 0 aromatic carbocycles. The molecule has 0 aliphatic carbocycles. The van der Waals surface area contributed by atoms with Gasteiger partial charge in [-0.05, 0) is 19.8 Å². The Kier molecular flexibility index (Phi) is 18.2. The number of hydrogen-bond donors (Lipinski definition) is 3. The Balaban J connectivity index is 3.37. The average molecular weight is 413 g/mol. The molecule has 0 aliphatic heterocycles. The fourth-order valence-corrected chi connectivity index (χ4v) is 3.68. The first kappa shape index (κ1) is 27.9. The molecule has 0 aromatic heterocycles. The summed E-state index contributed by atoms with van der Waals surface area (Å²) in [4.78, 5) is 22.3. The van der Waals surface area contributed by atoms with Crippen LogP contribution in [0.25, 0.3) is 0 Å². The molecule has 0 spiro atoms. The first-order valence-corrected chi connectivity index (χ1v) is 12.2. The molecule has 29 heavy (non-hydrogen) atoms. The van der Waals surface area contributed by atoms with Gasteiger partial charge < -0.3 is 16.2 Å². The van der Waals surface area contributed by atoms with Crippen molar-refractivity contribution in [3.05, 3.63) is 0 Å². The van der Waals surface area contributed by atoms with Gasteiger partial charge in [0.15, 0.2) is 0 Å². The third kappa shape index (κ3) is 21.4. The highest BCUT2D eigenvalue weighted by atomic mass is 16.3. The SMILES string of the molecule is CCCCCCCCCCCCCCCCCCC(C)(O)NC(=O)CCC(N)=O. The van der Waals surface area contributed by atoms with E-state index in [1.807, 2.05) is 0 Å². The molecular formula is C24H48N2O3. The van der Waals surface area contributed by atoms with Gasteiger partial charge in [-0.3, -0.25) is 9.59 Å². The van der Waals surface area contributed by atoms with Gasteiger partial charge in [-0.15, -0.1) is 0 Å². The maximum absolute atomic E-state index is 11.7. The standard InChI is InChI=1S/C24H48N2O3/c1-3-4-5-6-7-8-9-10-11-12-13-14-15-16-17-18-21-24(2,29)26-23(28)20-19-22(25)27/h29H,3-21H2,1-2H3,(H2,25,27)(H,26,28). The third-order valence-corrected chi connectivity index (χ3v) is 5.52. The maximum atomic E-state index is 11.7. The highest BCUT2D eigenvalue weighted by Gasteiger charge is 2.21.